The van der Waals surface area contributed by atoms with Gasteiger partial charge in [0.1, 0.15) is 0 Å². The van der Waals surface area contributed by atoms with Gasteiger partial charge in [-0.05, 0) is 86.2 Å². The lowest BCUT2D eigenvalue weighted by molar-refractivity contribution is 0.413. The molecule has 0 heterocycles. The van der Waals surface area contributed by atoms with E-state index < -0.39 is 0 Å². The van der Waals surface area contributed by atoms with Gasteiger partial charge in [-0.1, -0.05) is 26.8 Å². The van der Waals surface area contributed by atoms with Crippen molar-refractivity contribution in [2.24, 2.45) is 11.3 Å². The number of nitrogens with one attached hydrogen (secondary N) is 1. The Hall–Kier alpha value is -0.820. The van der Waals surface area contributed by atoms with E-state index in [0.29, 0.717) is 11.5 Å². The fraction of sp³-hybridized carbons (Fsp3) is 0.684. The lowest BCUT2D eigenvalue weighted by atomic mass is 9.86. The van der Waals surface area contributed by atoms with Gasteiger partial charge in [0.15, 0.2) is 0 Å². The molecule has 1 nitrogen and oxygen atoms in total. The molecule has 1 aliphatic carbocycles. The molecule has 0 amide bonds. The van der Waals surface area contributed by atoms with Gasteiger partial charge in [-0.25, -0.2) is 0 Å². The van der Waals surface area contributed by atoms with Crippen LogP contribution in [0.2, 0.25) is 0 Å². The molecule has 1 fully saturated rings. The molecule has 0 saturated heterocycles. The summed E-state index contributed by atoms with van der Waals surface area (Å²) in [6, 6.07) is 2.87. The largest absolute Gasteiger partial charge is 0.310 e. The fourth-order valence-electron chi connectivity index (χ4n) is 3.54. The normalized spacial score (nSPS) is 21.9. The molecule has 112 valence electrons. The van der Waals surface area contributed by atoms with Crippen molar-refractivity contribution in [2.75, 3.05) is 6.54 Å². The van der Waals surface area contributed by atoms with Crippen molar-refractivity contribution in [3.8, 4) is 0 Å². The van der Waals surface area contributed by atoms with E-state index in [0.717, 1.165) is 12.5 Å². The zero-order valence-corrected chi connectivity index (χ0v) is 14.4. The van der Waals surface area contributed by atoms with Crippen molar-refractivity contribution < 1.29 is 0 Å². The van der Waals surface area contributed by atoms with Gasteiger partial charge in [-0.3, -0.25) is 0 Å². The second-order valence-electron chi connectivity index (χ2n) is 7.41. The predicted molar refractivity (Wildman–Crippen MR) is 88.3 cm³/mol. The molecule has 20 heavy (non-hydrogen) atoms. The lowest BCUT2D eigenvalue weighted by Gasteiger charge is -2.26. The Kier molecular flexibility index (Phi) is 4.30. The van der Waals surface area contributed by atoms with Gasteiger partial charge < -0.3 is 5.32 Å². The number of aryl methyl sites for hydroxylation is 2. The van der Waals surface area contributed by atoms with Crippen LogP contribution in [-0.2, 0) is 0 Å². The predicted octanol–water partition coefficient (Wildman–Crippen LogP) is 5.01. The van der Waals surface area contributed by atoms with E-state index in [-0.39, 0.29) is 0 Å². The summed E-state index contributed by atoms with van der Waals surface area (Å²) in [5.41, 5.74) is 7.93. The quantitative estimate of drug-likeness (QED) is 0.795. The van der Waals surface area contributed by atoms with Gasteiger partial charge >= 0.3 is 0 Å². The molecule has 0 bridgehead atoms. The molecule has 0 spiro atoms. The van der Waals surface area contributed by atoms with Crippen molar-refractivity contribution in [3.63, 3.8) is 0 Å². The SMILES string of the molecule is CCCNC(c1c(C)c(C)cc(C)c1C)C1CC1(C)C. The summed E-state index contributed by atoms with van der Waals surface area (Å²) < 4.78 is 0. The van der Waals surface area contributed by atoms with Crippen LogP contribution in [0.4, 0.5) is 0 Å². The summed E-state index contributed by atoms with van der Waals surface area (Å²) in [6.45, 7) is 17.3. The first kappa shape index (κ1) is 15.6. The summed E-state index contributed by atoms with van der Waals surface area (Å²) in [6.07, 6.45) is 2.55. The van der Waals surface area contributed by atoms with Gasteiger partial charge in [0.2, 0.25) is 0 Å². The molecular formula is C19H31N. The standard InChI is InChI=1S/C19H31N/c1-8-9-20-18(16-11-19(16,6)7)17-14(4)12(2)10-13(3)15(17)5/h10,16,18,20H,8-9,11H2,1-7H3. The van der Waals surface area contributed by atoms with Gasteiger partial charge in [-0.15, -0.1) is 0 Å². The second kappa shape index (κ2) is 5.52. The first-order valence-corrected chi connectivity index (χ1v) is 8.10. The molecule has 2 unspecified atom stereocenters. The number of benzene rings is 1. The first-order chi connectivity index (χ1) is 9.29. The number of rotatable bonds is 5. The molecule has 1 aliphatic rings. The Labute approximate surface area is 125 Å². The maximum absolute atomic E-state index is 3.84. The molecule has 0 radical (unpaired) electrons. The molecule has 0 aromatic heterocycles. The van der Waals surface area contributed by atoms with Gasteiger partial charge in [0.25, 0.3) is 0 Å². The minimum absolute atomic E-state index is 0.502. The van der Waals surface area contributed by atoms with Crippen molar-refractivity contribution in [3.05, 3.63) is 33.9 Å². The minimum Gasteiger partial charge on any atom is -0.310 e. The van der Waals surface area contributed by atoms with Crippen molar-refractivity contribution in [2.45, 2.75) is 67.3 Å². The van der Waals surface area contributed by atoms with E-state index in [9.17, 15) is 0 Å². The average molecular weight is 273 g/mol. The first-order valence-electron chi connectivity index (χ1n) is 8.10. The minimum atomic E-state index is 0.502. The Bertz CT molecular complexity index is 473. The zero-order chi connectivity index (χ0) is 15.1. The smallest absolute Gasteiger partial charge is 0.0359 e. The highest BCUT2D eigenvalue weighted by Crippen LogP contribution is 2.58. The Morgan fingerprint density at radius 3 is 2.05 bits per heavy atom. The third kappa shape index (κ3) is 2.79. The highest BCUT2D eigenvalue weighted by molar-refractivity contribution is 5.46. The van der Waals surface area contributed by atoms with Crippen LogP contribution < -0.4 is 5.32 Å². The Balaban J connectivity index is 2.43. The van der Waals surface area contributed by atoms with Crippen LogP contribution >= 0.6 is 0 Å². The topological polar surface area (TPSA) is 12.0 Å². The van der Waals surface area contributed by atoms with Crippen molar-refractivity contribution in [1.82, 2.24) is 5.32 Å². The maximum atomic E-state index is 3.84. The van der Waals surface area contributed by atoms with Gasteiger partial charge in [-0.2, -0.15) is 0 Å². The molecule has 1 aromatic carbocycles. The van der Waals surface area contributed by atoms with Crippen LogP contribution in [0.25, 0.3) is 0 Å². The van der Waals surface area contributed by atoms with E-state index in [1.807, 2.05) is 0 Å². The molecule has 1 heteroatoms. The summed E-state index contributed by atoms with van der Waals surface area (Å²) >= 11 is 0. The molecule has 1 saturated carbocycles. The zero-order valence-electron chi connectivity index (χ0n) is 14.4. The van der Waals surface area contributed by atoms with Crippen LogP contribution in [0.15, 0.2) is 6.07 Å². The molecule has 1 N–H and O–H groups in total. The summed E-state index contributed by atoms with van der Waals surface area (Å²) in [4.78, 5) is 0. The lowest BCUT2D eigenvalue weighted by Crippen LogP contribution is -2.27. The highest BCUT2D eigenvalue weighted by atomic mass is 14.9. The maximum Gasteiger partial charge on any atom is 0.0359 e. The molecular weight excluding hydrogens is 242 g/mol. The number of hydrogen-bond acceptors (Lipinski definition) is 1. The van der Waals surface area contributed by atoms with E-state index in [4.69, 9.17) is 0 Å². The van der Waals surface area contributed by atoms with Crippen LogP contribution in [-0.4, -0.2) is 6.54 Å². The third-order valence-electron chi connectivity index (χ3n) is 5.34. The van der Waals surface area contributed by atoms with E-state index in [2.05, 4.69) is 59.8 Å². The molecule has 1 aromatic rings. The molecule has 2 rings (SSSR count). The summed E-state index contributed by atoms with van der Waals surface area (Å²) in [5, 5.41) is 3.84. The van der Waals surface area contributed by atoms with E-state index >= 15 is 0 Å². The van der Waals surface area contributed by atoms with Crippen LogP contribution in [0, 0.1) is 39.0 Å². The Morgan fingerprint density at radius 2 is 1.65 bits per heavy atom. The van der Waals surface area contributed by atoms with Crippen molar-refractivity contribution in [1.29, 1.82) is 0 Å². The fourth-order valence-corrected chi connectivity index (χ4v) is 3.54. The summed E-state index contributed by atoms with van der Waals surface area (Å²) in [5.74, 6) is 0.785. The van der Waals surface area contributed by atoms with Crippen LogP contribution in [0.3, 0.4) is 0 Å². The molecule has 2 atom stereocenters. The third-order valence-corrected chi connectivity index (χ3v) is 5.34. The van der Waals surface area contributed by atoms with E-state index in [1.54, 1.807) is 5.56 Å². The number of hydrogen-bond donors (Lipinski definition) is 1. The molecule has 0 aliphatic heterocycles. The highest BCUT2D eigenvalue weighted by Gasteiger charge is 2.50. The van der Waals surface area contributed by atoms with Crippen LogP contribution in [0.5, 0.6) is 0 Å². The van der Waals surface area contributed by atoms with Crippen molar-refractivity contribution >= 4 is 0 Å². The Morgan fingerprint density at radius 1 is 1.15 bits per heavy atom. The second-order valence-corrected chi connectivity index (χ2v) is 7.41. The van der Waals surface area contributed by atoms with Gasteiger partial charge in [0, 0.05) is 6.04 Å². The van der Waals surface area contributed by atoms with Gasteiger partial charge in [0.05, 0.1) is 0 Å². The van der Waals surface area contributed by atoms with Crippen LogP contribution in [0.1, 0.15) is 67.5 Å². The average Bonchev–Trinajstić information content (AvgIpc) is 3.00. The summed E-state index contributed by atoms with van der Waals surface area (Å²) in [7, 11) is 0. The van der Waals surface area contributed by atoms with E-state index in [1.165, 1.54) is 35.1 Å². The monoisotopic (exact) mass is 273 g/mol.